The molecule has 0 aliphatic carbocycles. The SMILES string of the molecule is CCOC(=O)c1ccc(N2CCN(Cc3ccc(SCCC(F)(F)C(F)(F)C(F)(F)C(F)(F)C(F)(F)C(F)(F)C(F)(F)C(F)(F)F)cc3-c3ccc(Cl)cc3)CC2)cc1. The van der Waals surface area contributed by atoms with Crippen LogP contribution in [0.3, 0.4) is 0 Å². The van der Waals surface area contributed by atoms with Crippen molar-refractivity contribution in [3.8, 4) is 11.1 Å². The summed E-state index contributed by atoms with van der Waals surface area (Å²) < 4.78 is 238. The number of esters is 1. The number of halogens is 18. The minimum Gasteiger partial charge on any atom is -0.462 e. The molecule has 1 saturated heterocycles. The average Bonchev–Trinajstić information content (AvgIpc) is 3.15. The average molecular weight is 913 g/mol. The lowest BCUT2D eigenvalue weighted by molar-refractivity contribution is -0.461. The topological polar surface area (TPSA) is 32.8 Å². The normalized spacial score (nSPS) is 15.7. The van der Waals surface area contributed by atoms with E-state index in [0.29, 0.717) is 60.0 Å². The number of carbonyl (C=O) groups excluding carboxylic acids is 1. The molecule has 3 aromatic carbocycles. The molecule has 0 atom stereocenters. The molecular weight excluding hydrogens is 883 g/mol. The Morgan fingerprint density at radius 2 is 1.17 bits per heavy atom. The molecule has 1 heterocycles. The first kappa shape index (κ1) is 48.0. The van der Waals surface area contributed by atoms with Gasteiger partial charge in [-0.05, 0) is 72.1 Å². The number of piperazine rings is 1. The smallest absolute Gasteiger partial charge is 0.460 e. The summed E-state index contributed by atoms with van der Waals surface area (Å²) >= 11 is 6.25. The van der Waals surface area contributed by atoms with Crippen LogP contribution in [-0.2, 0) is 11.3 Å². The zero-order chi connectivity index (χ0) is 44.6. The summed E-state index contributed by atoms with van der Waals surface area (Å²) in [5.74, 6) is -58.4. The molecule has 1 aliphatic rings. The largest absolute Gasteiger partial charge is 0.462 e. The molecule has 0 N–H and O–H groups in total. The predicted molar refractivity (Wildman–Crippen MR) is 183 cm³/mol. The highest BCUT2D eigenvalue weighted by Crippen LogP contribution is 2.64. The van der Waals surface area contributed by atoms with E-state index in [0.717, 1.165) is 5.69 Å². The van der Waals surface area contributed by atoms with Crippen LogP contribution in [-0.4, -0.2) is 97.0 Å². The Morgan fingerprint density at radius 3 is 1.68 bits per heavy atom. The number of nitrogens with zero attached hydrogens (tertiary/aromatic N) is 2. The van der Waals surface area contributed by atoms with Gasteiger partial charge >= 0.3 is 53.6 Å². The lowest BCUT2D eigenvalue weighted by atomic mass is 9.88. The van der Waals surface area contributed by atoms with Crippen LogP contribution < -0.4 is 4.90 Å². The van der Waals surface area contributed by atoms with Gasteiger partial charge in [0.15, 0.2) is 0 Å². The standard InChI is InChI=1S/C36H30ClF17N2O2S/c1-2-58-28(57)22-5-10-25(11-6-22)56-16-14-55(15-17-56)20-23-7-12-26(19-27(23)21-3-8-24(37)9-4-21)59-18-13-29(38,39)30(40,41)31(42,43)32(44,45)33(46,47)34(48,49)35(50,51)36(52,53)54/h3-12,19H,2,13-18,20H2,1H3. The maximum Gasteiger partial charge on any atom is 0.460 e. The van der Waals surface area contributed by atoms with Crippen molar-refractivity contribution in [2.45, 2.75) is 72.4 Å². The minimum atomic E-state index is -8.66. The van der Waals surface area contributed by atoms with E-state index in [9.17, 15) is 79.4 Å². The molecule has 1 fully saturated rings. The second-order valence-corrected chi connectivity index (χ2v) is 14.7. The molecule has 1 aliphatic heterocycles. The molecule has 3 aromatic rings. The van der Waals surface area contributed by atoms with Crippen LogP contribution in [0.25, 0.3) is 11.1 Å². The Labute approximate surface area is 333 Å². The van der Waals surface area contributed by atoms with E-state index in [1.165, 1.54) is 30.3 Å². The maximum absolute atomic E-state index is 14.6. The van der Waals surface area contributed by atoms with Crippen molar-refractivity contribution in [1.29, 1.82) is 0 Å². The van der Waals surface area contributed by atoms with Crippen LogP contribution in [0, 0.1) is 0 Å². The first-order valence-corrected chi connectivity index (χ1v) is 18.3. The number of thioether (sulfide) groups is 1. The fourth-order valence-corrected chi connectivity index (χ4v) is 6.85. The minimum absolute atomic E-state index is 0.00783. The fraction of sp³-hybridized carbons (Fsp3) is 0.472. The zero-order valence-corrected chi connectivity index (χ0v) is 31.5. The van der Waals surface area contributed by atoms with E-state index in [-0.39, 0.29) is 23.3 Å². The second kappa shape index (κ2) is 17.0. The molecule has 0 bridgehead atoms. The van der Waals surface area contributed by atoms with Crippen molar-refractivity contribution in [1.82, 2.24) is 4.90 Å². The number of alkyl halides is 17. The van der Waals surface area contributed by atoms with Crippen LogP contribution in [0.5, 0.6) is 0 Å². The monoisotopic (exact) mass is 912 g/mol. The van der Waals surface area contributed by atoms with Gasteiger partial charge in [-0.2, -0.15) is 74.6 Å². The van der Waals surface area contributed by atoms with Gasteiger partial charge in [0.25, 0.3) is 0 Å². The van der Waals surface area contributed by atoms with Crippen molar-refractivity contribution in [3.63, 3.8) is 0 Å². The van der Waals surface area contributed by atoms with E-state index in [1.54, 1.807) is 43.3 Å². The quantitative estimate of drug-likeness (QED) is 0.0812. The molecular formula is C36H30ClF17N2O2S. The molecule has 328 valence electrons. The summed E-state index contributed by atoms with van der Waals surface area (Å²) in [5, 5.41) is 0.313. The van der Waals surface area contributed by atoms with Gasteiger partial charge in [-0.1, -0.05) is 29.8 Å². The van der Waals surface area contributed by atoms with Gasteiger partial charge in [-0.3, -0.25) is 4.90 Å². The third kappa shape index (κ3) is 9.04. The third-order valence-electron chi connectivity index (χ3n) is 9.22. The van der Waals surface area contributed by atoms with Crippen molar-refractivity contribution in [2.24, 2.45) is 0 Å². The van der Waals surface area contributed by atoms with Gasteiger partial charge in [0, 0.05) is 60.5 Å². The fourth-order valence-electron chi connectivity index (χ4n) is 5.76. The maximum atomic E-state index is 14.6. The Hall–Kier alpha value is -3.66. The third-order valence-corrected chi connectivity index (χ3v) is 10.5. The highest BCUT2D eigenvalue weighted by Gasteiger charge is 2.95. The van der Waals surface area contributed by atoms with Crippen molar-refractivity contribution < 1.29 is 84.2 Å². The molecule has 4 nitrogen and oxygen atoms in total. The summed E-state index contributed by atoms with van der Waals surface area (Å²) in [4.78, 5) is 16.1. The van der Waals surface area contributed by atoms with Crippen LogP contribution in [0.1, 0.15) is 29.3 Å². The number of benzene rings is 3. The first-order chi connectivity index (χ1) is 27.0. The van der Waals surface area contributed by atoms with E-state index >= 15 is 0 Å². The summed E-state index contributed by atoms with van der Waals surface area (Å²) in [6, 6.07) is 17.1. The van der Waals surface area contributed by atoms with Gasteiger partial charge in [0.05, 0.1) is 12.2 Å². The Bertz CT molecular complexity index is 1920. The van der Waals surface area contributed by atoms with Crippen LogP contribution in [0.4, 0.5) is 80.3 Å². The number of anilines is 1. The van der Waals surface area contributed by atoms with Gasteiger partial charge in [0.1, 0.15) is 0 Å². The number of rotatable bonds is 16. The Kier molecular flexibility index (Phi) is 13.8. The van der Waals surface area contributed by atoms with E-state index < -0.39 is 65.8 Å². The molecule has 0 saturated carbocycles. The molecule has 0 unspecified atom stereocenters. The summed E-state index contributed by atoms with van der Waals surface area (Å²) in [7, 11) is 0. The van der Waals surface area contributed by atoms with E-state index in [4.69, 9.17) is 16.3 Å². The highest BCUT2D eigenvalue weighted by atomic mass is 35.5. The van der Waals surface area contributed by atoms with Crippen LogP contribution >= 0.6 is 23.4 Å². The molecule has 0 spiro atoms. The number of hydrogen-bond donors (Lipinski definition) is 0. The van der Waals surface area contributed by atoms with E-state index in [1.807, 2.05) is 4.90 Å². The molecule has 0 radical (unpaired) electrons. The number of ether oxygens (including phenoxy) is 1. The van der Waals surface area contributed by atoms with E-state index in [2.05, 4.69) is 4.90 Å². The summed E-state index contributed by atoms with van der Waals surface area (Å²) in [6.07, 6.45) is -10.3. The Balaban J connectivity index is 1.49. The van der Waals surface area contributed by atoms with Crippen LogP contribution in [0.2, 0.25) is 5.02 Å². The summed E-state index contributed by atoms with van der Waals surface area (Å²) in [6.45, 7) is 4.33. The van der Waals surface area contributed by atoms with Crippen LogP contribution in [0.15, 0.2) is 71.6 Å². The molecule has 0 aromatic heterocycles. The second-order valence-electron chi connectivity index (χ2n) is 13.1. The number of carbonyl (C=O) groups is 1. The predicted octanol–water partition coefficient (Wildman–Crippen LogP) is 12.0. The molecule has 59 heavy (non-hydrogen) atoms. The van der Waals surface area contributed by atoms with Crippen molar-refractivity contribution in [3.05, 3.63) is 82.9 Å². The molecule has 4 rings (SSSR count). The van der Waals surface area contributed by atoms with Gasteiger partial charge in [-0.15, -0.1) is 11.8 Å². The zero-order valence-electron chi connectivity index (χ0n) is 29.9. The highest BCUT2D eigenvalue weighted by molar-refractivity contribution is 7.99. The summed E-state index contributed by atoms with van der Waals surface area (Å²) in [5.41, 5.74) is 2.78. The lowest BCUT2D eigenvalue weighted by Gasteiger charge is -2.42. The van der Waals surface area contributed by atoms with Gasteiger partial charge < -0.3 is 9.64 Å². The van der Waals surface area contributed by atoms with Crippen molar-refractivity contribution >= 4 is 35.0 Å². The molecule has 23 heteroatoms. The molecule has 0 amide bonds. The van der Waals surface area contributed by atoms with Gasteiger partial charge in [0.2, 0.25) is 0 Å². The lowest BCUT2D eigenvalue weighted by Crippen LogP contribution is -2.74. The Morgan fingerprint density at radius 1 is 0.661 bits per heavy atom. The van der Waals surface area contributed by atoms with Gasteiger partial charge in [-0.25, -0.2) is 4.79 Å². The first-order valence-electron chi connectivity index (χ1n) is 16.9. The number of hydrogen-bond acceptors (Lipinski definition) is 5. The van der Waals surface area contributed by atoms with Crippen molar-refractivity contribution in [2.75, 3.05) is 43.4 Å².